The SMILES string of the molecule is CC(CC(=O)NC(CC(=O)O)c1ccc(F)cc1)c1cccc(F)c1. The maximum Gasteiger partial charge on any atom is 0.305 e. The maximum atomic E-state index is 13.3. The van der Waals surface area contributed by atoms with Crippen molar-refractivity contribution in [3.8, 4) is 0 Å². The van der Waals surface area contributed by atoms with E-state index in [-0.39, 0.29) is 30.5 Å². The summed E-state index contributed by atoms with van der Waals surface area (Å²) < 4.78 is 26.3. The highest BCUT2D eigenvalue weighted by atomic mass is 19.1. The molecule has 0 spiro atoms. The van der Waals surface area contributed by atoms with Crippen LogP contribution in [0.25, 0.3) is 0 Å². The summed E-state index contributed by atoms with van der Waals surface area (Å²) in [4.78, 5) is 23.3. The van der Waals surface area contributed by atoms with Gasteiger partial charge < -0.3 is 10.4 Å². The van der Waals surface area contributed by atoms with Gasteiger partial charge in [0.1, 0.15) is 11.6 Å². The largest absolute Gasteiger partial charge is 0.481 e. The van der Waals surface area contributed by atoms with E-state index in [1.54, 1.807) is 19.1 Å². The monoisotopic (exact) mass is 347 g/mol. The molecular formula is C19H19F2NO3. The first-order valence-electron chi connectivity index (χ1n) is 7.87. The molecule has 0 aliphatic heterocycles. The van der Waals surface area contributed by atoms with Gasteiger partial charge in [0, 0.05) is 6.42 Å². The van der Waals surface area contributed by atoms with Crippen LogP contribution < -0.4 is 5.32 Å². The van der Waals surface area contributed by atoms with E-state index in [0.29, 0.717) is 11.1 Å². The smallest absolute Gasteiger partial charge is 0.305 e. The van der Waals surface area contributed by atoms with Crippen LogP contribution in [-0.4, -0.2) is 17.0 Å². The second kappa shape index (κ2) is 8.37. The molecule has 132 valence electrons. The molecule has 2 aromatic carbocycles. The van der Waals surface area contributed by atoms with Crippen LogP contribution in [0.15, 0.2) is 48.5 Å². The number of hydrogen-bond acceptors (Lipinski definition) is 2. The Morgan fingerprint density at radius 2 is 1.68 bits per heavy atom. The predicted molar refractivity (Wildman–Crippen MR) is 89.0 cm³/mol. The molecule has 0 saturated carbocycles. The van der Waals surface area contributed by atoms with Gasteiger partial charge >= 0.3 is 5.97 Å². The third-order valence-corrected chi connectivity index (χ3v) is 3.90. The van der Waals surface area contributed by atoms with Crippen LogP contribution in [0, 0.1) is 11.6 Å². The van der Waals surface area contributed by atoms with E-state index in [4.69, 9.17) is 5.11 Å². The van der Waals surface area contributed by atoms with Gasteiger partial charge in [-0.05, 0) is 41.3 Å². The van der Waals surface area contributed by atoms with Crippen molar-refractivity contribution in [3.63, 3.8) is 0 Å². The van der Waals surface area contributed by atoms with Crippen molar-refractivity contribution in [2.75, 3.05) is 0 Å². The highest BCUT2D eigenvalue weighted by Crippen LogP contribution is 2.22. The zero-order valence-corrected chi connectivity index (χ0v) is 13.7. The van der Waals surface area contributed by atoms with Gasteiger partial charge in [0.2, 0.25) is 5.91 Å². The molecule has 2 aromatic rings. The van der Waals surface area contributed by atoms with Crippen molar-refractivity contribution in [2.24, 2.45) is 0 Å². The van der Waals surface area contributed by atoms with E-state index in [9.17, 15) is 18.4 Å². The molecule has 2 N–H and O–H groups in total. The summed E-state index contributed by atoms with van der Waals surface area (Å²) in [6.45, 7) is 1.79. The third kappa shape index (κ3) is 5.67. The van der Waals surface area contributed by atoms with E-state index in [1.807, 2.05) is 0 Å². The van der Waals surface area contributed by atoms with Crippen LogP contribution >= 0.6 is 0 Å². The molecule has 2 atom stereocenters. The average molecular weight is 347 g/mol. The minimum absolute atomic E-state index is 0.0841. The molecule has 0 aromatic heterocycles. The summed E-state index contributed by atoms with van der Waals surface area (Å²) in [7, 11) is 0. The summed E-state index contributed by atoms with van der Waals surface area (Å²) in [5, 5.41) is 11.7. The number of amides is 1. The molecule has 0 fully saturated rings. The maximum absolute atomic E-state index is 13.3. The second-order valence-electron chi connectivity index (χ2n) is 5.93. The molecule has 0 bridgehead atoms. The molecule has 0 aliphatic rings. The molecule has 6 heteroatoms. The summed E-state index contributed by atoms with van der Waals surface area (Å²) in [5.74, 6) is -2.47. The van der Waals surface area contributed by atoms with E-state index < -0.39 is 17.8 Å². The Kier molecular flexibility index (Phi) is 6.22. The Morgan fingerprint density at radius 3 is 2.28 bits per heavy atom. The minimum Gasteiger partial charge on any atom is -0.481 e. The fraction of sp³-hybridized carbons (Fsp3) is 0.263. The van der Waals surface area contributed by atoms with Gasteiger partial charge in [0.25, 0.3) is 0 Å². The molecule has 4 nitrogen and oxygen atoms in total. The van der Waals surface area contributed by atoms with Crippen LogP contribution in [0.5, 0.6) is 0 Å². The quantitative estimate of drug-likeness (QED) is 0.801. The van der Waals surface area contributed by atoms with Crippen LogP contribution in [0.2, 0.25) is 0 Å². The fourth-order valence-corrected chi connectivity index (χ4v) is 2.58. The van der Waals surface area contributed by atoms with E-state index in [0.717, 1.165) is 0 Å². The Morgan fingerprint density at radius 1 is 1.00 bits per heavy atom. The van der Waals surface area contributed by atoms with Crippen LogP contribution in [0.3, 0.4) is 0 Å². The molecule has 0 saturated heterocycles. The van der Waals surface area contributed by atoms with Crippen LogP contribution in [0.1, 0.15) is 42.9 Å². The number of carboxylic acid groups (broad SMARTS) is 1. The summed E-state index contributed by atoms with van der Waals surface area (Å²) in [6.07, 6.45) is -0.230. The van der Waals surface area contributed by atoms with Crippen LogP contribution in [0.4, 0.5) is 8.78 Å². The van der Waals surface area contributed by atoms with Crippen molar-refractivity contribution in [3.05, 3.63) is 71.3 Å². The van der Waals surface area contributed by atoms with Gasteiger partial charge in [-0.15, -0.1) is 0 Å². The zero-order chi connectivity index (χ0) is 18.4. The number of nitrogens with one attached hydrogen (secondary N) is 1. The number of benzene rings is 2. The Bertz CT molecular complexity index is 747. The average Bonchev–Trinajstić information content (AvgIpc) is 2.54. The lowest BCUT2D eigenvalue weighted by atomic mass is 9.96. The Balaban J connectivity index is 2.06. The second-order valence-corrected chi connectivity index (χ2v) is 5.93. The van der Waals surface area contributed by atoms with Gasteiger partial charge in [0.05, 0.1) is 12.5 Å². The molecule has 0 radical (unpaired) electrons. The Labute approximate surface area is 144 Å². The number of halogens is 2. The number of rotatable bonds is 7. The number of hydrogen-bond donors (Lipinski definition) is 2. The fourth-order valence-electron chi connectivity index (χ4n) is 2.58. The molecule has 25 heavy (non-hydrogen) atoms. The molecule has 0 aliphatic carbocycles. The van der Waals surface area contributed by atoms with Gasteiger partial charge in [-0.3, -0.25) is 9.59 Å². The summed E-state index contributed by atoms with van der Waals surface area (Å²) in [6, 6.07) is 10.6. The van der Waals surface area contributed by atoms with Gasteiger partial charge in [-0.1, -0.05) is 31.2 Å². The van der Waals surface area contributed by atoms with Gasteiger partial charge in [-0.2, -0.15) is 0 Å². The normalized spacial score (nSPS) is 13.1. The molecule has 2 unspecified atom stereocenters. The first-order chi connectivity index (χ1) is 11.8. The topological polar surface area (TPSA) is 66.4 Å². The van der Waals surface area contributed by atoms with Gasteiger partial charge in [0.15, 0.2) is 0 Å². The number of carboxylic acids is 1. The molecule has 0 heterocycles. The highest BCUT2D eigenvalue weighted by Gasteiger charge is 2.20. The van der Waals surface area contributed by atoms with E-state index in [1.165, 1.54) is 36.4 Å². The lowest BCUT2D eigenvalue weighted by Crippen LogP contribution is -2.31. The minimum atomic E-state index is -1.08. The van der Waals surface area contributed by atoms with Crippen molar-refractivity contribution < 1.29 is 23.5 Å². The highest BCUT2D eigenvalue weighted by molar-refractivity contribution is 5.78. The number of carbonyl (C=O) groups is 2. The standard InChI is InChI=1S/C19H19F2NO3/c1-12(14-3-2-4-16(21)10-14)9-18(23)22-17(11-19(24)25)13-5-7-15(20)8-6-13/h2-8,10,12,17H,9,11H2,1H3,(H,22,23)(H,24,25). The van der Waals surface area contributed by atoms with E-state index >= 15 is 0 Å². The lowest BCUT2D eigenvalue weighted by Gasteiger charge is -2.19. The van der Waals surface area contributed by atoms with Gasteiger partial charge in [-0.25, -0.2) is 8.78 Å². The van der Waals surface area contributed by atoms with Crippen molar-refractivity contribution >= 4 is 11.9 Å². The van der Waals surface area contributed by atoms with E-state index in [2.05, 4.69) is 5.32 Å². The summed E-state index contributed by atoms with van der Waals surface area (Å²) in [5.41, 5.74) is 1.20. The summed E-state index contributed by atoms with van der Waals surface area (Å²) >= 11 is 0. The molecule has 2 rings (SSSR count). The third-order valence-electron chi connectivity index (χ3n) is 3.90. The van der Waals surface area contributed by atoms with Crippen molar-refractivity contribution in [2.45, 2.75) is 31.7 Å². The predicted octanol–water partition coefficient (Wildman–Crippen LogP) is 3.79. The first-order valence-corrected chi connectivity index (χ1v) is 7.87. The number of aliphatic carboxylic acids is 1. The van der Waals surface area contributed by atoms with Crippen molar-refractivity contribution in [1.82, 2.24) is 5.32 Å². The number of carbonyl (C=O) groups excluding carboxylic acids is 1. The zero-order valence-electron chi connectivity index (χ0n) is 13.7. The van der Waals surface area contributed by atoms with Crippen molar-refractivity contribution in [1.29, 1.82) is 0 Å². The molecular weight excluding hydrogens is 328 g/mol. The first kappa shape index (κ1) is 18.6. The van der Waals surface area contributed by atoms with Crippen LogP contribution in [-0.2, 0) is 9.59 Å². The lowest BCUT2D eigenvalue weighted by molar-refractivity contribution is -0.137. The Hall–Kier alpha value is -2.76. The molecule has 1 amide bonds.